The van der Waals surface area contributed by atoms with E-state index < -0.39 is 21.8 Å². The van der Waals surface area contributed by atoms with Crippen molar-refractivity contribution in [1.29, 1.82) is 0 Å². The lowest BCUT2D eigenvalue weighted by molar-refractivity contribution is -0.114. The molecule has 3 rings (SSSR count). The average Bonchev–Trinajstić information content (AvgIpc) is 2.82. The third-order valence-corrected chi connectivity index (χ3v) is 6.71. The highest BCUT2D eigenvalue weighted by Gasteiger charge is 2.25. The van der Waals surface area contributed by atoms with Gasteiger partial charge in [-0.05, 0) is 55.8 Å². The molecule has 0 aromatic heterocycles. The van der Waals surface area contributed by atoms with Crippen LogP contribution in [0.5, 0.6) is 5.75 Å². The maximum absolute atomic E-state index is 14.3. The van der Waals surface area contributed by atoms with Crippen LogP contribution in [-0.4, -0.2) is 31.2 Å². The van der Waals surface area contributed by atoms with Gasteiger partial charge in [0.2, 0.25) is 5.91 Å². The summed E-state index contributed by atoms with van der Waals surface area (Å²) in [5.74, 6) is -1.33. The van der Waals surface area contributed by atoms with E-state index in [1.165, 1.54) is 60.4 Å². The summed E-state index contributed by atoms with van der Waals surface area (Å²) < 4.78 is 45.6. The quantitative estimate of drug-likeness (QED) is 0.420. The molecule has 0 radical (unpaired) electrons. The second-order valence-electron chi connectivity index (χ2n) is 8.02. The predicted molar refractivity (Wildman–Crippen MR) is 131 cm³/mol. The normalized spacial score (nSPS) is 12.0. The first-order valence-corrected chi connectivity index (χ1v) is 12.5. The molecule has 0 aliphatic heterocycles. The smallest absolute Gasteiger partial charge is 0.339 e. The minimum absolute atomic E-state index is 0.0232. The first-order chi connectivity index (χ1) is 16.6. The van der Waals surface area contributed by atoms with Crippen LogP contribution >= 0.6 is 0 Å². The van der Waals surface area contributed by atoms with Crippen molar-refractivity contribution in [2.45, 2.75) is 44.7 Å². The third-order valence-electron chi connectivity index (χ3n) is 5.46. The Morgan fingerprint density at radius 2 is 1.63 bits per heavy atom. The maximum Gasteiger partial charge on any atom is 0.339 e. The highest BCUT2D eigenvalue weighted by molar-refractivity contribution is 7.87. The summed E-state index contributed by atoms with van der Waals surface area (Å²) in [6.07, 6.45) is 0.613. The SMILES string of the molecule is CCC(C)N(Cc1ccccc1OS(=O)(=O)c1ccc(NC(C)=O)cc1)C(=O)c1ccccc1F. The highest BCUT2D eigenvalue weighted by Crippen LogP contribution is 2.27. The molecule has 3 aromatic rings. The zero-order chi connectivity index (χ0) is 25.6. The number of benzene rings is 3. The zero-order valence-electron chi connectivity index (χ0n) is 19.7. The highest BCUT2D eigenvalue weighted by atomic mass is 32.2. The van der Waals surface area contributed by atoms with Gasteiger partial charge in [-0.15, -0.1) is 0 Å². The van der Waals surface area contributed by atoms with E-state index in [4.69, 9.17) is 4.18 Å². The lowest BCUT2D eigenvalue weighted by Gasteiger charge is -2.29. The molecular weight excluding hydrogens is 471 g/mol. The zero-order valence-corrected chi connectivity index (χ0v) is 20.5. The van der Waals surface area contributed by atoms with Crippen molar-refractivity contribution in [3.63, 3.8) is 0 Å². The maximum atomic E-state index is 14.3. The number of hydrogen-bond donors (Lipinski definition) is 1. The average molecular weight is 499 g/mol. The van der Waals surface area contributed by atoms with Crippen molar-refractivity contribution in [3.8, 4) is 5.75 Å². The number of hydrogen-bond acceptors (Lipinski definition) is 5. The third kappa shape index (κ3) is 6.45. The van der Waals surface area contributed by atoms with Crippen LogP contribution in [0.3, 0.4) is 0 Å². The van der Waals surface area contributed by atoms with Crippen LogP contribution in [0, 0.1) is 5.82 Å². The Labute approximate surface area is 204 Å². The number of rotatable bonds is 9. The van der Waals surface area contributed by atoms with Crippen molar-refractivity contribution in [2.24, 2.45) is 0 Å². The Morgan fingerprint density at radius 3 is 2.26 bits per heavy atom. The number of nitrogens with one attached hydrogen (secondary N) is 1. The van der Waals surface area contributed by atoms with Crippen LogP contribution in [0.4, 0.5) is 10.1 Å². The summed E-state index contributed by atoms with van der Waals surface area (Å²) >= 11 is 0. The van der Waals surface area contributed by atoms with E-state index in [-0.39, 0.29) is 34.7 Å². The fourth-order valence-corrected chi connectivity index (χ4v) is 4.38. The van der Waals surface area contributed by atoms with Gasteiger partial charge in [-0.25, -0.2) is 4.39 Å². The molecule has 3 aromatic carbocycles. The molecule has 0 bridgehead atoms. The summed E-state index contributed by atoms with van der Waals surface area (Å²) in [5, 5.41) is 2.57. The van der Waals surface area contributed by atoms with Gasteiger partial charge in [-0.3, -0.25) is 9.59 Å². The fraction of sp³-hybridized carbons (Fsp3) is 0.231. The molecule has 35 heavy (non-hydrogen) atoms. The van der Waals surface area contributed by atoms with Gasteiger partial charge < -0.3 is 14.4 Å². The van der Waals surface area contributed by atoms with Crippen molar-refractivity contribution in [1.82, 2.24) is 4.90 Å². The molecule has 0 saturated carbocycles. The number of anilines is 1. The number of carbonyl (C=O) groups excluding carboxylic acids is 2. The van der Waals surface area contributed by atoms with Crippen LogP contribution in [0.2, 0.25) is 0 Å². The molecule has 0 saturated heterocycles. The second kappa shape index (κ2) is 11.1. The molecule has 0 spiro atoms. The lowest BCUT2D eigenvalue weighted by atomic mass is 10.1. The first-order valence-electron chi connectivity index (χ1n) is 11.1. The van der Waals surface area contributed by atoms with Gasteiger partial charge >= 0.3 is 10.1 Å². The van der Waals surface area contributed by atoms with E-state index in [1.807, 2.05) is 13.8 Å². The van der Waals surface area contributed by atoms with Gasteiger partial charge in [0.05, 0.1) is 5.56 Å². The lowest BCUT2D eigenvalue weighted by Crippen LogP contribution is -2.38. The minimum atomic E-state index is -4.20. The number of halogens is 1. The van der Waals surface area contributed by atoms with E-state index in [0.29, 0.717) is 17.7 Å². The van der Waals surface area contributed by atoms with Gasteiger partial charge in [-0.2, -0.15) is 8.42 Å². The van der Waals surface area contributed by atoms with Crippen LogP contribution < -0.4 is 9.50 Å². The van der Waals surface area contributed by atoms with Crippen LogP contribution in [0.25, 0.3) is 0 Å². The molecule has 7 nitrogen and oxygen atoms in total. The largest absolute Gasteiger partial charge is 0.379 e. The Kier molecular flexibility index (Phi) is 8.24. The van der Waals surface area contributed by atoms with Gasteiger partial charge in [0, 0.05) is 30.8 Å². The molecular formula is C26H27FN2O5S. The van der Waals surface area contributed by atoms with Crippen molar-refractivity contribution in [2.75, 3.05) is 5.32 Å². The number of nitrogens with zero attached hydrogens (tertiary/aromatic N) is 1. The summed E-state index contributed by atoms with van der Waals surface area (Å²) in [6.45, 7) is 5.12. The van der Waals surface area contributed by atoms with E-state index in [9.17, 15) is 22.4 Å². The molecule has 1 unspecified atom stereocenters. The Hall–Kier alpha value is -3.72. The first kappa shape index (κ1) is 25.9. The topological polar surface area (TPSA) is 92.8 Å². The van der Waals surface area contributed by atoms with E-state index in [0.717, 1.165) is 0 Å². The van der Waals surface area contributed by atoms with Gasteiger partial charge in [0.15, 0.2) is 0 Å². The Balaban J connectivity index is 1.89. The number of para-hydroxylation sites is 1. The monoisotopic (exact) mass is 498 g/mol. The van der Waals surface area contributed by atoms with E-state index in [2.05, 4.69) is 5.32 Å². The molecule has 1 N–H and O–H groups in total. The van der Waals surface area contributed by atoms with E-state index >= 15 is 0 Å². The minimum Gasteiger partial charge on any atom is -0.379 e. The van der Waals surface area contributed by atoms with E-state index in [1.54, 1.807) is 24.3 Å². The predicted octanol–water partition coefficient (Wildman–Crippen LogP) is 4.99. The molecule has 9 heteroatoms. The molecule has 1 atom stereocenters. The fourth-order valence-electron chi connectivity index (χ4n) is 3.41. The van der Waals surface area contributed by atoms with Crippen LogP contribution in [-0.2, 0) is 21.5 Å². The van der Waals surface area contributed by atoms with Crippen molar-refractivity contribution in [3.05, 3.63) is 89.7 Å². The van der Waals surface area contributed by atoms with Crippen LogP contribution in [0.15, 0.2) is 77.7 Å². The molecule has 0 heterocycles. The molecule has 0 aliphatic carbocycles. The number of carbonyl (C=O) groups is 2. The van der Waals surface area contributed by atoms with Crippen molar-refractivity contribution < 1.29 is 26.6 Å². The summed E-state index contributed by atoms with van der Waals surface area (Å²) in [6, 6.07) is 17.6. The molecule has 2 amide bonds. The van der Waals surface area contributed by atoms with Crippen LogP contribution in [0.1, 0.15) is 43.1 Å². The molecule has 0 aliphatic rings. The molecule has 184 valence electrons. The summed E-state index contributed by atoms with van der Waals surface area (Å²) in [7, 11) is -4.20. The number of amides is 2. The molecule has 0 fully saturated rings. The van der Waals surface area contributed by atoms with Gasteiger partial charge in [0.25, 0.3) is 5.91 Å². The van der Waals surface area contributed by atoms with Gasteiger partial charge in [0.1, 0.15) is 16.5 Å². The van der Waals surface area contributed by atoms with Crippen molar-refractivity contribution >= 4 is 27.6 Å². The van der Waals surface area contributed by atoms with Gasteiger partial charge in [-0.1, -0.05) is 37.3 Å². The summed E-state index contributed by atoms with van der Waals surface area (Å²) in [5.41, 5.74) is 0.849. The second-order valence-corrected chi connectivity index (χ2v) is 9.57. The Morgan fingerprint density at radius 1 is 1.00 bits per heavy atom. The standard InChI is InChI=1S/C26H27FN2O5S/c1-4-18(2)29(26(31)23-10-6-7-11-24(23)27)17-20-9-5-8-12-25(20)34-35(32,33)22-15-13-21(14-16-22)28-19(3)30/h5-16,18H,4,17H2,1-3H3,(H,28,30). The summed E-state index contributed by atoms with van der Waals surface area (Å²) in [4.78, 5) is 25.8. The Bertz CT molecular complexity index is 1310.